The minimum absolute atomic E-state index is 0.262. The van der Waals surface area contributed by atoms with E-state index in [4.69, 9.17) is 10.5 Å². The monoisotopic (exact) mass is 247 g/mol. The molecule has 2 N–H and O–H groups in total. The van der Waals surface area contributed by atoms with Crippen molar-refractivity contribution in [3.8, 4) is 0 Å². The fourth-order valence-corrected chi connectivity index (χ4v) is 1.33. The van der Waals surface area contributed by atoms with Gasteiger partial charge < -0.3 is 10.5 Å². The number of hydrogen-bond donors (Lipinski definition) is 1. The fourth-order valence-electron chi connectivity index (χ4n) is 0.903. The molecule has 2 nitrogen and oxygen atoms in total. The Hall–Kier alpha value is -0.450. The van der Waals surface area contributed by atoms with Crippen LogP contribution in [0.25, 0.3) is 0 Å². The van der Waals surface area contributed by atoms with Crippen molar-refractivity contribution in [3.63, 3.8) is 0 Å². The molecule has 0 aromatic heterocycles. The van der Waals surface area contributed by atoms with E-state index in [2.05, 4.69) is 15.9 Å². The average Bonchev–Trinajstić information content (AvgIpc) is 2.12. The van der Waals surface area contributed by atoms with Gasteiger partial charge in [-0.05, 0) is 33.6 Å². The number of halogens is 2. The second kappa shape index (κ2) is 5.32. The van der Waals surface area contributed by atoms with Crippen LogP contribution in [0.1, 0.15) is 5.56 Å². The summed E-state index contributed by atoms with van der Waals surface area (Å²) >= 11 is 3.10. The predicted molar refractivity (Wildman–Crippen MR) is 52.8 cm³/mol. The van der Waals surface area contributed by atoms with Crippen LogP contribution in [0.5, 0.6) is 0 Å². The van der Waals surface area contributed by atoms with Gasteiger partial charge >= 0.3 is 0 Å². The standard InChI is InChI=1S/C9H11BrFNO/c10-8-5-7(1-2-9(8)11)6-13-4-3-12/h1-2,5H,3-4,6,12H2. The summed E-state index contributed by atoms with van der Waals surface area (Å²) in [5, 5.41) is 0. The van der Waals surface area contributed by atoms with E-state index >= 15 is 0 Å². The summed E-state index contributed by atoms with van der Waals surface area (Å²) in [4.78, 5) is 0. The average molecular weight is 248 g/mol. The van der Waals surface area contributed by atoms with E-state index in [0.29, 0.717) is 24.2 Å². The van der Waals surface area contributed by atoms with E-state index in [9.17, 15) is 4.39 Å². The summed E-state index contributed by atoms with van der Waals surface area (Å²) in [6, 6.07) is 4.80. The van der Waals surface area contributed by atoms with Crippen molar-refractivity contribution >= 4 is 15.9 Å². The van der Waals surface area contributed by atoms with Gasteiger partial charge in [0.25, 0.3) is 0 Å². The first-order valence-corrected chi connectivity index (χ1v) is 4.75. The van der Waals surface area contributed by atoms with Gasteiger partial charge in [-0.25, -0.2) is 4.39 Å². The van der Waals surface area contributed by atoms with E-state index in [1.165, 1.54) is 6.07 Å². The third kappa shape index (κ3) is 3.42. The van der Waals surface area contributed by atoms with Crippen molar-refractivity contribution in [3.05, 3.63) is 34.1 Å². The third-order valence-electron chi connectivity index (χ3n) is 1.51. The molecule has 0 radical (unpaired) electrons. The van der Waals surface area contributed by atoms with Crippen LogP contribution in [0.2, 0.25) is 0 Å². The quantitative estimate of drug-likeness (QED) is 0.828. The zero-order valence-corrected chi connectivity index (χ0v) is 8.68. The number of ether oxygens (including phenoxy) is 1. The second-order valence-electron chi connectivity index (χ2n) is 2.59. The first-order valence-electron chi connectivity index (χ1n) is 3.96. The summed E-state index contributed by atoms with van der Waals surface area (Å²) in [7, 11) is 0. The molecule has 4 heteroatoms. The van der Waals surface area contributed by atoms with Crippen molar-refractivity contribution in [2.24, 2.45) is 5.73 Å². The van der Waals surface area contributed by atoms with Gasteiger partial charge in [0.2, 0.25) is 0 Å². The van der Waals surface area contributed by atoms with Gasteiger partial charge in [0, 0.05) is 6.54 Å². The minimum Gasteiger partial charge on any atom is -0.375 e. The zero-order chi connectivity index (χ0) is 9.68. The van der Waals surface area contributed by atoms with Crippen LogP contribution < -0.4 is 5.73 Å². The molecule has 1 aromatic rings. The second-order valence-corrected chi connectivity index (χ2v) is 3.44. The summed E-state index contributed by atoms with van der Waals surface area (Å²) in [5.74, 6) is -0.262. The molecule has 0 saturated carbocycles. The lowest BCUT2D eigenvalue weighted by Gasteiger charge is -2.03. The van der Waals surface area contributed by atoms with Crippen molar-refractivity contribution in [2.45, 2.75) is 6.61 Å². The van der Waals surface area contributed by atoms with Gasteiger partial charge in [-0.15, -0.1) is 0 Å². The van der Waals surface area contributed by atoms with Crippen LogP contribution in [0.3, 0.4) is 0 Å². The number of benzene rings is 1. The summed E-state index contributed by atoms with van der Waals surface area (Å²) in [5.41, 5.74) is 6.18. The molecule has 0 aliphatic heterocycles. The van der Waals surface area contributed by atoms with Crippen LogP contribution in [-0.2, 0) is 11.3 Å². The summed E-state index contributed by atoms with van der Waals surface area (Å²) in [6.07, 6.45) is 0. The van der Waals surface area contributed by atoms with E-state index in [1.54, 1.807) is 12.1 Å². The zero-order valence-electron chi connectivity index (χ0n) is 7.09. The summed E-state index contributed by atoms with van der Waals surface area (Å²) < 4.78 is 18.4. The highest BCUT2D eigenvalue weighted by Gasteiger charge is 1.99. The van der Waals surface area contributed by atoms with Crippen molar-refractivity contribution in [1.29, 1.82) is 0 Å². The van der Waals surface area contributed by atoms with Crippen molar-refractivity contribution in [2.75, 3.05) is 13.2 Å². The highest BCUT2D eigenvalue weighted by molar-refractivity contribution is 9.10. The predicted octanol–water partition coefficient (Wildman–Crippen LogP) is 2.06. The fraction of sp³-hybridized carbons (Fsp3) is 0.333. The van der Waals surface area contributed by atoms with E-state index < -0.39 is 0 Å². The van der Waals surface area contributed by atoms with Gasteiger partial charge in [0.15, 0.2) is 0 Å². The molecule has 0 atom stereocenters. The molecule has 0 amide bonds. The lowest BCUT2D eigenvalue weighted by Crippen LogP contribution is -2.08. The highest BCUT2D eigenvalue weighted by Crippen LogP contribution is 2.17. The minimum atomic E-state index is -0.262. The molecule has 0 fully saturated rings. The Morgan fingerprint density at radius 1 is 1.46 bits per heavy atom. The summed E-state index contributed by atoms with van der Waals surface area (Å²) in [6.45, 7) is 1.49. The molecule has 0 aliphatic carbocycles. The number of hydrogen-bond acceptors (Lipinski definition) is 2. The number of rotatable bonds is 4. The molecule has 1 rings (SSSR count). The number of nitrogens with two attached hydrogens (primary N) is 1. The highest BCUT2D eigenvalue weighted by atomic mass is 79.9. The maximum absolute atomic E-state index is 12.8. The molecule has 72 valence electrons. The third-order valence-corrected chi connectivity index (χ3v) is 2.12. The molecule has 0 aliphatic rings. The van der Waals surface area contributed by atoms with Crippen LogP contribution in [0, 0.1) is 5.82 Å². The maximum Gasteiger partial charge on any atom is 0.137 e. The first-order chi connectivity index (χ1) is 6.24. The van der Waals surface area contributed by atoms with Gasteiger partial charge in [-0.3, -0.25) is 0 Å². The Morgan fingerprint density at radius 3 is 2.85 bits per heavy atom. The normalized spacial score (nSPS) is 10.4. The van der Waals surface area contributed by atoms with E-state index in [1.807, 2.05) is 0 Å². The molecular weight excluding hydrogens is 237 g/mol. The van der Waals surface area contributed by atoms with Gasteiger partial charge in [0.1, 0.15) is 5.82 Å². The van der Waals surface area contributed by atoms with Crippen LogP contribution in [-0.4, -0.2) is 13.2 Å². The Bertz CT molecular complexity index is 280. The molecule has 0 unspecified atom stereocenters. The lowest BCUT2D eigenvalue weighted by molar-refractivity contribution is 0.128. The molecular formula is C9H11BrFNO. The van der Waals surface area contributed by atoms with E-state index in [-0.39, 0.29) is 5.82 Å². The van der Waals surface area contributed by atoms with Gasteiger partial charge in [-0.2, -0.15) is 0 Å². The van der Waals surface area contributed by atoms with Crippen molar-refractivity contribution < 1.29 is 9.13 Å². The Morgan fingerprint density at radius 2 is 2.23 bits per heavy atom. The maximum atomic E-state index is 12.8. The van der Waals surface area contributed by atoms with Crippen LogP contribution in [0.15, 0.2) is 22.7 Å². The SMILES string of the molecule is NCCOCc1ccc(F)c(Br)c1. The first kappa shape index (κ1) is 10.6. The largest absolute Gasteiger partial charge is 0.375 e. The lowest BCUT2D eigenvalue weighted by atomic mass is 10.2. The molecule has 1 aromatic carbocycles. The molecule has 0 heterocycles. The van der Waals surface area contributed by atoms with Gasteiger partial charge in [-0.1, -0.05) is 6.07 Å². The van der Waals surface area contributed by atoms with E-state index in [0.717, 1.165) is 5.56 Å². The smallest absolute Gasteiger partial charge is 0.137 e. The van der Waals surface area contributed by atoms with Crippen LogP contribution in [0.4, 0.5) is 4.39 Å². The van der Waals surface area contributed by atoms with Crippen molar-refractivity contribution in [1.82, 2.24) is 0 Å². The van der Waals surface area contributed by atoms with Gasteiger partial charge in [0.05, 0.1) is 17.7 Å². The molecule has 0 saturated heterocycles. The molecule has 0 spiro atoms. The van der Waals surface area contributed by atoms with Crippen LogP contribution >= 0.6 is 15.9 Å². The topological polar surface area (TPSA) is 35.2 Å². The molecule has 13 heavy (non-hydrogen) atoms. The molecule has 0 bridgehead atoms. The Labute approximate surface area is 85.0 Å². The Balaban J connectivity index is 2.53. The Kier molecular flexibility index (Phi) is 4.35.